The third-order valence-corrected chi connectivity index (χ3v) is 2.91. The average Bonchev–Trinajstić information content (AvgIpc) is 2.53. The molecule has 0 spiro atoms. The van der Waals surface area contributed by atoms with Gasteiger partial charge in [-0.1, -0.05) is 12.1 Å². The fourth-order valence-electron chi connectivity index (χ4n) is 1.82. The Bertz CT molecular complexity index is 780. The van der Waals surface area contributed by atoms with Crippen molar-refractivity contribution in [2.75, 3.05) is 11.9 Å². The van der Waals surface area contributed by atoms with E-state index in [4.69, 9.17) is 0 Å². The summed E-state index contributed by atoms with van der Waals surface area (Å²) in [6, 6.07) is 6.73. The first-order valence-electron chi connectivity index (χ1n) is 6.70. The maximum Gasteiger partial charge on any atom is 0.310 e. The van der Waals surface area contributed by atoms with E-state index >= 15 is 0 Å². The van der Waals surface area contributed by atoms with Gasteiger partial charge in [0.15, 0.2) is 24.1 Å². The SMILES string of the molecule is O=C(COC(=O)Cc1cccc(F)c1)Nc1ccc(F)c(F)c1F. The molecule has 1 amide bonds. The Balaban J connectivity index is 1.87. The minimum Gasteiger partial charge on any atom is -0.455 e. The van der Waals surface area contributed by atoms with Crippen LogP contribution in [0.15, 0.2) is 36.4 Å². The Kier molecular flexibility index (Phi) is 5.51. The molecule has 0 heterocycles. The average molecular weight is 341 g/mol. The molecule has 0 radical (unpaired) electrons. The highest BCUT2D eigenvalue weighted by Crippen LogP contribution is 2.19. The van der Waals surface area contributed by atoms with Crippen LogP contribution in [0.2, 0.25) is 0 Å². The summed E-state index contributed by atoms with van der Waals surface area (Å²) in [5, 5.41) is 1.95. The van der Waals surface area contributed by atoms with Crippen LogP contribution < -0.4 is 5.32 Å². The van der Waals surface area contributed by atoms with Gasteiger partial charge < -0.3 is 10.1 Å². The topological polar surface area (TPSA) is 55.4 Å². The van der Waals surface area contributed by atoms with Crippen molar-refractivity contribution in [3.63, 3.8) is 0 Å². The zero-order valence-electron chi connectivity index (χ0n) is 12.1. The Morgan fingerprint density at radius 1 is 1.00 bits per heavy atom. The van der Waals surface area contributed by atoms with E-state index in [1.54, 1.807) is 0 Å². The van der Waals surface area contributed by atoms with Crippen molar-refractivity contribution >= 4 is 17.6 Å². The summed E-state index contributed by atoms with van der Waals surface area (Å²) in [6.07, 6.45) is -0.259. The number of benzene rings is 2. The molecule has 126 valence electrons. The summed E-state index contributed by atoms with van der Waals surface area (Å²) in [7, 11) is 0. The van der Waals surface area contributed by atoms with Gasteiger partial charge in [-0.2, -0.15) is 0 Å². The van der Waals surface area contributed by atoms with Gasteiger partial charge in [-0.05, 0) is 29.8 Å². The molecular formula is C16H11F4NO3. The van der Waals surface area contributed by atoms with Gasteiger partial charge in [0, 0.05) is 0 Å². The predicted octanol–water partition coefficient (Wildman–Crippen LogP) is 2.97. The summed E-state index contributed by atoms with van der Waals surface area (Å²) >= 11 is 0. The number of halogens is 4. The van der Waals surface area contributed by atoms with Crippen LogP contribution in [-0.2, 0) is 20.7 Å². The summed E-state index contributed by atoms with van der Waals surface area (Å²) in [6.45, 7) is -0.757. The lowest BCUT2D eigenvalue weighted by molar-refractivity contribution is -0.146. The molecule has 0 aliphatic heterocycles. The Labute approximate surface area is 134 Å². The van der Waals surface area contributed by atoms with E-state index in [9.17, 15) is 27.2 Å². The van der Waals surface area contributed by atoms with Crippen molar-refractivity contribution < 1.29 is 31.9 Å². The number of rotatable bonds is 5. The molecule has 24 heavy (non-hydrogen) atoms. The third kappa shape index (κ3) is 4.55. The van der Waals surface area contributed by atoms with Crippen molar-refractivity contribution in [1.29, 1.82) is 0 Å². The van der Waals surface area contributed by atoms with Crippen molar-refractivity contribution in [2.24, 2.45) is 0 Å². The molecule has 2 aromatic rings. The predicted molar refractivity (Wildman–Crippen MR) is 76.0 cm³/mol. The van der Waals surface area contributed by atoms with Crippen LogP contribution in [-0.4, -0.2) is 18.5 Å². The number of esters is 1. The van der Waals surface area contributed by atoms with Gasteiger partial charge in [-0.25, -0.2) is 17.6 Å². The number of ether oxygens (including phenoxy) is 1. The molecule has 0 unspecified atom stereocenters. The van der Waals surface area contributed by atoms with Crippen molar-refractivity contribution in [1.82, 2.24) is 0 Å². The largest absolute Gasteiger partial charge is 0.455 e. The molecule has 0 aliphatic rings. The summed E-state index contributed by atoms with van der Waals surface area (Å²) in [5.74, 6) is -6.95. The molecule has 0 saturated carbocycles. The molecule has 0 atom stereocenters. The van der Waals surface area contributed by atoms with E-state index in [0.717, 1.165) is 12.1 Å². The second kappa shape index (κ2) is 7.58. The Morgan fingerprint density at radius 2 is 1.75 bits per heavy atom. The molecule has 4 nitrogen and oxygen atoms in total. The van der Waals surface area contributed by atoms with Crippen LogP contribution in [0, 0.1) is 23.3 Å². The lowest BCUT2D eigenvalue weighted by Crippen LogP contribution is -2.22. The van der Waals surface area contributed by atoms with Crippen molar-refractivity contribution in [3.8, 4) is 0 Å². The second-order valence-electron chi connectivity index (χ2n) is 4.74. The van der Waals surface area contributed by atoms with Gasteiger partial charge in [0.2, 0.25) is 0 Å². The van der Waals surface area contributed by atoms with Gasteiger partial charge in [-0.3, -0.25) is 9.59 Å². The van der Waals surface area contributed by atoms with Gasteiger partial charge in [-0.15, -0.1) is 0 Å². The second-order valence-corrected chi connectivity index (χ2v) is 4.74. The van der Waals surface area contributed by atoms with E-state index in [1.807, 2.05) is 5.32 Å². The van der Waals surface area contributed by atoms with Gasteiger partial charge in [0.05, 0.1) is 12.1 Å². The van der Waals surface area contributed by atoms with Gasteiger partial charge >= 0.3 is 5.97 Å². The number of hydrogen-bond acceptors (Lipinski definition) is 3. The zero-order valence-corrected chi connectivity index (χ0v) is 12.1. The van der Waals surface area contributed by atoms with E-state index < -0.39 is 47.4 Å². The highest BCUT2D eigenvalue weighted by Gasteiger charge is 2.16. The van der Waals surface area contributed by atoms with Crippen LogP contribution in [0.5, 0.6) is 0 Å². The Hall–Kier alpha value is -2.90. The van der Waals surface area contributed by atoms with Crippen LogP contribution in [0.3, 0.4) is 0 Å². The molecule has 0 aliphatic carbocycles. The maximum atomic E-state index is 13.4. The molecule has 0 bridgehead atoms. The zero-order chi connectivity index (χ0) is 17.7. The van der Waals surface area contributed by atoms with Crippen molar-refractivity contribution in [2.45, 2.75) is 6.42 Å². The number of amides is 1. The minimum atomic E-state index is -1.73. The lowest BCUT2D eigenvalue weighted by Gasteiger charge is -2.08. The molecule has 1 N–H and O–H groups in total. The number of hydrogen-bond donors (Lipinski definition) is 1. The molecule has 2 aromatic carbocycles. The molecule has 8 heteroatoms. The standard InChI is InChI=1S/C16H11F4NO3/c17-10-3-1-2-9(6-10)7-14(23)24-8-13(22)21-12-5-4-11(18)15(19)16(12)20/h1-6H,7-8H2,(H,21,22). The normalized spacial score (nSPS) is 10.3. The highest BCUT2D eigenvalue weighted by atomic mass is 19.2. The van der Waals surface area contributed by atoms with Gasteiger partial charge in [0.1, 0.15) is 5.82 Å². The molecule has 2 rings (SSSR count). The van der Waals surface area contributed by atoms with E-state index in [1.165, 1.54) is 18.2 Å². The van der Waals surface area contributed by atoms with E-state index in [0.29, 0.717) is 11.6 Å². The maximum absolute atomic E-state index is 13.4. The number of carbonyl (C=O) groups is 2. The number of anilines is 1. The van der Waals surface area contributed by atoms with E-state index in [-0.39, 0.29) is 6.42 Å². The van der Waals surface area contributed by atoms with Crippen LogP contribution in [0.1, 0.15) is 5.56 Å². The third-order valence-electron chi connectivity index (χ3n) is 2.91. The van der Waals surface area contributed by atoms with Crippen molar-refractivity contribution in [3.05, 3.63) is 65.2 Å². The smallest absolute Gasteiger partial charge is 0.310 e. The fraction of sp³-hybridized carbons (Fsp3) is 0.125. The molecule has 0 fully saturated rings. The molecule has 0 saturated heterocycles. The van der Waals surface area contributed by atoms with Gasteiger partial charge in [0.25, 0.3) is 5.91 Å². The van der Waals surface area contributed by atoms with Crippen LogP contribution in [0.25, 0.3) is 0 Å². The summed E-state index contributed by atoms with van der Waals surface area (Å²) in [5.41, 5.74) is -0.230. The molecule has 0 aromatic heterocycles. The van der Waals surface area contributed by atoms with Crippen LogP contribution in [0.4, 0.5) is 23.2 Å². The number of nitrogens with one attached hydrogen (secondary N) is 1. The monoisotopic (exact) mass is 341 g/mol. The molecular weight excluding hydrogens is 330 g/mol. The first-order valence-corrected chi connectivity index (χ1v) is 6.70. The first kappa shape index (κ1) is 17.5. The summed E-state index contributed by atoms with van der Waals surface area (Å²) < 4.78 is 56.8. The van der Waals surface area contributed by atoms with Crippen LogP contribution >= 0.6 is 0 Å². The Morgan fingerprint density at radius 3 is 2.46 bits per heavy atom. The van der Waals surface area contributed by atoms with E-state index in [2.05, 4.69) is 4.74 Å². The highest BCUT2D eigenvalue weighted by molar-refractivity contribution is 5.93. The summed E-state index contributed by atoms with van der Waals surface area (Å²) in [4.78, 5) is 23.1. The number of carbonyl (C=O) groups excluding carboxylic acids is 2. The minimum absolute atomic E-state index is 0.259. The lowest BCUT2D eigenvalue weighted by atomic mass is 10.1. The fourth-order valence-corrected chi connectivity index (χ4v) is 1.82. The first-order chi connectivity index (χ1) is 11.4. The quantitative estimate of drug-likeness (QED) is 0.517.